The molecular weight excluding hydrogens is 636 g/mol. The van der Waals surface area contributed by atoms with E-state index in [4.69, 9.17) is 13.9 Å². The van der Waals surface area contributed by atoms with E-state index in [0.717, 1.165) is 25.9 Å². The van der Waals surface area contributed by atoms with Crippen LogP contribution < -0.4 is 10.1 Å². The van der Waals surface area contributed by atoms with E-state index >= 15 is 0 Å². The third kappa shape index (κ3) is 6.02. The second-order valence-electron chi connectivity index (χ2n) is 7.56. The standard InChI is InChI=1S/C24H25I2NO5/c1-14(2)27-9-6-10-31-24-17(25)11-15(12-18(24)26)23(29)22-16-7-4-5-8-19(16)32-20(22)13-21(28)30-3/h4-5,7-8,11-12,14,27H,6,9-10,13H2,1-3H3. The van der Waals surface area contributed by atoms with E-state index in [9.17, 15) is 9.59 Å². The monoisotopic (exact) mass is 661 g/mol. The van der Waals surface area contributed by atoms with Crippen molar-refractivity contribution in [2.24, 2.45) is 0 Å². The van der Waals surface area contributed by atoms with Crippen molar-refractivity contribution in [2.75, 3.05) is 20.3 Å². The van der Waals surface area contributed by atoms with Crippen LogP contribution in [0.2, 0.25) is 0 Å². The van der Waals surface area contributed by atoms with E-state index in [1.165, 1.54) is 7.11 Å². The van der Waals surface area contributed by atoms with E-state index in [1.807, 2.05) is 30.3 Å². The number of benzene rings is 2. The number of furan rings is 1. The molecule has 0 saturated heterocycles. The highest BCUT2D eigenvalue weighted by Crippen LogP contribution is 2.33. The van der Waals surface area contributed by atoms with Gasteiger partial charge in [-0.3, -0.25) is 9.59 Å². The molecule has 3 rings (SSSR count). The third-order valence-corrected chi connectivity index (χ3v) is 6.41. The summed E-state index contributed by atoms with van der Waals surface area (Å²) in [5, 5.41) is 4.05. The van der Waals surface area contributed by atoms with Gasteiger partial charge in [0.2, 0.25) is 0 Å². The highest BCUT2D eigenvalue weighted by molar-refractivity contribution is 14.1. The number of hydrogen-bond acceptors (Lipinski definition) is 6. The highest BCUT2D eigenvalue weighted by Gasteiger charge is 2.25. The van der Waals surface area contributed by atoms with Gasteiger partial charge in [0.15, 0.2) is 5.78 Å². The van der Waals surface area contributed by atoms with Crippen molar-refractivity contribution < 1.29 is 23.5 Å². The summed E-state index contributed by atoms with van der Waals surface area (Å²) in [6, 6.07) is 11.4. The Bertz CT molecular complexity index is 1100. The lowest BCUT2D eigenvalue weighted by molar-refractivity contribution is -0.140. The van der Waals surface area contributed by atoms with Gasteiger partial charge in [-0.25, -0.2) is 0 Å². The maximum Gasteiger partial charge on any atom is 0.313 e. The summed E-state index contributed by atoms with van der Waals surface area (Å²) in [4.78, 5) is 25.4. The Morgan fingerprint density at radius 2 is 1.81 bits per heavy atom. The number of halogens is 2. The van der Waals surface area contributed by atoms with Crippen LogP contribution >= 0.6 is 45.2 Å². The van der Waals surface area contributed by atoms with Crippen molar-refractivity contribution in [3.05, 3.63) is 60.4 Å². The Morgan fingerprint density at radius 3 is 2.47 bits per heavy atom. The van der Waals surface area contributed by atoms with Crippen LogP contribution in [0, 0.1) is 7.14 Å². The zero-order chi connectivity index (χ0) is 23.3. The Labute approximate surface area is 214 Å². The fourth-order valence-corrected chi connectivity index (χ4v) is 5.36. The minimum atomic E-state index is -0.460. The molecule has 0 aliphatic rings. The molecule has 0 amide bonds. The molecule has 0 bridgehead atoms. The normalized spacial score (nSPS) is 11.2. The molecule has 32 heavy (non-hydrogen) atoms. The van der Waals surface area contributed by atoms with Gasteiger partial charge in [0.1, 0.15) is 23.5 Å². The van der Waals surface area contributed by atoms with Crippen LogP contribution in [-0.2, 0) is 16.0 Å². The molecule has 3 aromatic rings. The number of carbonyl (C=O) groups is 2. The van der Waals surface area contributed by atoms with Crippen molar-refractivity contribution in [1.82, 2.24) is 5.32 Å². The lowest BCUT2D eigenvalue weighted by Gasteiger charge is -2.13. The molecule has 0 atom stereocenters. The number of rotatable bonds is 10. The highest BCUT2D eigenvalue weighted by atomic mass is 127. The van der Waals surface area contributed by atoms with Crippen molar-refractivity contribution in [2.45, 2.75) is 32.7 Å². The summed E-state index contributed by atoms with van der Waals surface area (Å²) >= 11 is 4.38. The summed E-state index contributed by atoms with van der Waals surface area (Å²) in [5.41, 5.74) is 1.48. The first kappa shape index (κ1) is 25.0. The number of carbonyl (C=O) groups excluding carboxylic acids is 2. The van der Waals surface area contributed by atoms with Crippen LogP contribution in [-0.4, -0.2) is 38.1 Å². The molecule has 1 heterocycles. The van der Waals surface area contributed by atoms with Crippen LogP contribution in [0.1, 0.15) is 41.9 Å². The van der Waals surface area contributed by atoms with Gasteiger partial charge in [-0.15, -0.1) is 0 Å². The number of nitrogens with one attached hydrogen (secondary N) is 1. The summed E-state index contributed by atoms with van der Waals surface area (Å²) in [6.45, 7) is 5.71. The number of para-hydroxylation sites is 1. The topological polar surface area (TPSA) is 77.8 Å². The Hall–Kier alpha value is -1.66. The summed E-state index contributed by atoms with van der Waals surface area (Å²) in [5.74, 6) is 0.431. The van der Waals surface area contributed by atoms with Crippen LogP contribution in [0.15, 0.2) is 40.8 Å². The van der Waals surface area contributed by atoms with Crippen LogP contribution in [0.4, 0.5) is 0 Å². The molecular formula is C24H25I2NO5. The first-order valence-electron chi connectivity index (χ1n) is 10.3. The van der Waals surface area contributed by atoms with Crippen molar-refractivity contribution >= 4 is 67.9 Å². The van der Waals surface area contributed by atoms with Crippen LogP contribution in [0.5, 0.6) is 5.75 Å². The van der Waals surface area contributed by atoms with Gasteiger partial charge >= 0.3 is 5.97 Å². The maximum absolute atomic E-state index is 13.5. The smallest absolute Gasteiger partial charge is 0.313 e. The second kappa shape index (κ2) is 11.5. The number of methoxy groups -OCH3 is 1. The van der Waals surface area contributed by atoms with E-state index in [0.29, 0.717) is 40.5 Å². The van der Waals surface area contributed by atoms with Gasteiger partial charge in [0.25, 0.3) is 0 Å². The summed E-state index contributed by atoms with van der Waals surface area (Å²) in [7, 11) is 1.31. The van der Waals surface area contributed by atoms with Gasteiger partial charge < -0.3 is 19.2 Å². The maximum atomic E-state index is 13.5. The summed E-state index contributed by atoms with van der Waals surface area (Å²) < 4.78 is 18.3. The van der Waals surface area contributed by atoms with Gasteiger partial charge in [0.05, 0.1) is 26.4 Å². The van der Waals surface area contributed by atoms with E-state index < -0.39 is 5.97 Å². The molecule has 0 aliphatic carbocycles. The number of hydrogen-bond donors (Lipinski definition) is 1. The number of fused-ring (bicyclic) bond motifs is 1. The molecule has 0 radical (unpaired) electrons. The molecule has 1 aromatic heterocycles. The molecule has 170 valence electrons. The van der Waals surface area contributed by atoms with Crippen molar-refractivity contribution in [3.8, 4) is 5.75 Å². The predicted octanol–water partition coefficient (Wildman–Crippen LogP) is 5.36. The Balaban J connectivity index is 1.87. The average Bonchev–Trinajstić information content (AvgIpc) is 3.11. The number of esters is 1. The number of ketones is 1. The first-order valence-corrected chi connectivity index (χ1v) is 12.4. The zero-order valence-electron chi connectivity index (χ0n) is 18.2. The fourth-order valence-electron chi connectivity index (χ4n) is 3.28. The van der Waals surface area contributed by atoms with Crippen LogP contribution in [0.25, 0.3) is 11.0 Å². The molecule has 0 aliphatic heterocycles. The fraction of sp³-hybridized carbons (Fsp3) is 0.333. The predicted molar refractivity (Wildman–Crippen MR) is 140 cm³/mol. The summed E-state index contributed by atoms with van der Waals surface area (Å²) in [6.07, 6.45) is 0.787. The molecule has 0 unspecified atom stereocenters. The quantitative estimate of drug-likeness (QED) is 0.137. The van der Waals surface area contributed by atoms with Crippen LogP contribution in [0.3, 0.4) is 0 Å². The molecule has 0 saturated carbocycles. The van der Waals surface area contributed by atoms with E-state index in [1.54, 1.807) is 6.07 Å². The van der Waals surface area contributed by atoms with Gasteiger partial charge in [-0.05, 0) is 76.3 Å². The minimum absolute atomic E-state index is 0.105. The number of ether oxygens (including phenoxy) is 2. The van der Waals surface area contributed by atoms with Gasteiger partial charge in [-0.1, -0.05) is 32.0 Å². The Morgan fingerprint density at radius 1 is 1.12 bits per heavy atom. The zero-order valence-corrected chi connectivity index (χ0v) is 22.5. The third-order valence-electron chi connectivity index (χ3n) is 4.81. The largest absolute Gasteiger partial charge is 0.491 e. The van der Waals surface area contributed by atoms with E-state index in [-0.39, 0.29) is 12.2 Å². The van der Waals surface area contributed by atoms with E-state index in [2.05, 4.69) is 64.3 Å². The Kier molecular flexibility index (Phi) is 8.95. The molecule has 8 heteroatoms. The van der Waals surface area contributed by atoms with Gasteiger partial charge in [0, 0.05) is 17.0 Å². The minimum Gasteiger partial charge on any atom is -0.491 e. The lowest BCUT2D eigenvalue weighted by atomic mass is 9.99. The molecule has 2 aromatic carbocycles. The SMILES string of the molecule is COC(=O)Cc1oc2ccccc2c1C(=O)c1cc(I)c(OCCCNC(C)C)c(I)c1. The molecule has 1 N–H and O–H groups in total. The van der Waals surface area contributed by atoms with Crippen molar-refractivity contribution in [1.29, 1.82) is 0 Å². The second-order valence-corrected chi connectivity index (χ2v) is 9.88. The molecule has 0 fully saturated rings. The lowest BCUT2D eigenvalue weighted by Crippen LogP contribution is -2.24. The average molecular weight is 661 g/mol. The van der Waals surface area contributed by atoms with Gasteiger partial charge in [-0.2, -0.15) is 0 Å². The first-order chi connectivity index (χ1) is 15.3. The molecule has 0 spiro atoms. The molecule has 6 nitrogen and oxygen atoms in total. The van der Waals surface area contributed by atoms with Crippen molar-refractivity contribution in [3.63, 3.8) is 0 Å².